The van der Waals surface area contributed by atoms with Crippen LogP contribution in [0.4, 0.5) is 17.3 Å². The number of amides is 1. The van der Waals surface area contributed by atoms with Gasteiger partial charge in [-0.15, -0.1) is 0 Å². The molecule has 0 saturated carbocycles. The Kier molecular flexibility index (Phi) is 5.51. The van der Waals surface area contributed by atoms with Gasteiger partial charge in [0.25, 0.3) is 5.91 Å². The summed E-state index contributed by atoms with van der Waals surface area (Å²) in [5.74, 6) is 1.20. The predicted octanol–water partition coefficient (Wildman–Crippen LogP) is 3.51. The Bertz CT molecular complexity index is 932. The molecule has 27 heavy (non-hydrogen) atoms. The van der Waals surface area contributed by atoms with E-state index in [1.165, 1.54) is 7.11 Å². The monoisotopic (exact) mass is 364 g/mol. The van der Waals surface area contributed by atoms with E-state index < -0.39 is 0 Å². The number of benzene rings is 2. The SMILES string of the molecule is COc1ccc(NC(=O)c2ccnc(N(C)c3ccccc3)n2)c(OC)c1. The van der Waals surface area contributed by atoms with Gasteiger partial charge >= 0.3 is 0 Å². The van der Waals surface area contributed by atoms with Gasteiger partial charge in [0.2, 0.25) is 5.95 Å². The Morgan fingerprint density at radius 1 is 1.04 bits per heavy atom. The van der Waals surface area contributed by atoms with Crippen molar-refractivity contribution in [2.75, 3.05) is 31.5 Å². The van der Waals surface area contributed by atoms with Crippen LogP contribution in [0.25, 0.3) is 0 Å². The second kappa shape index (κ2) is 8.18. The summed E-state index contributed by atoms with van der Waals surface area (Å²) in [6.07, 6.45) is 1.56. The minimum atomic E-state index is -0.358. The van der Waals surface area contributed by atoms with E-state index in [0.717, 1.165) is 5.69 Å². The molecule has 3 aromatic rings. The highest BCUT2D eigenvalue weighted by atomic mass is 16.5. The van der Waals surface area contributed by atoms with Crippen molar-refractivity contribution >= 4 is 23.2 Å². The van der Waals surface area contributed by atoms with Gasteiger partial charge < -0.3 is 19.7 Å². The van der Waals surface area contributed by atoms with E-state index in [2.05, 4.69) is 15.3 Å². The number of anilines is 3. The number of rotatable bonds is 6. The van der Waals surface area contributed by atoms with Gasteiger partial charge in [-0.25, -0.2) is 9.97 Å². The number of nitrogens with one attached hydrogen (secondary N) is 1. The Labute approximate surface area is 157 Å². The zero-order valence-electron chi connectivity index (χ0n) is 15.3. The maximum absolute atomic E-state index is 12.6. The number of nitrogens with zero attached hydrogens (tertiary/aromatic N) is 3. The molecular weight excluding hydrogens is 344 g/mol. The first-order chi connectivity index (χ1) is 13.1. The maximum atomic E-state index is 12.6. The number of hydrogen-bond acceptors (Lipinski definition) is 6. The molecule has 0 fully saturated rings. The van der Waals surface area contributed by atoms with Crippen LogP contribution in [0.2, 0.25) is 0 Å². The Morgan fingerprint density at radius 3 is 2.52 bits per heavy atom. The summed E-state index contributed by atoms with van der Waals surface area (Å²) in [6.45, 7) is 0. The molecule has 0 bridgehead atoms. The molecule has 7 heteroatoms. The fraction of sp³-hybridized carbons (Fsp3) is 0.150. The van der Waals surface area contributed by atoms with Crippen LogP contribution >= 0.6 is 0 Å². The van der Waals surface area contributed by atoms with Crippen LogP contribution in [0.5, 0.6) is 11.5 Å². The Hall–Kier alpha value is -3.61. The fourth-order valence-electron chi connectivity index (χ4n) is 2.49. The van der Waals surface area contributed by atoms with E-state index in [1.807, 2.05) is 42.3 Å². The minimum Gasteiger partial charge on any atom is -0.497 e. The van der Waals surface area contributed by atoms with Crippen LogP contribution in [-0.2, 0) is 0 Å². The smallest absolute Gasteiger partial charge is 0.274 e. The molecule has 0 aliphatic heterocycles. The first-order valence-electron chi connectivity index (χ1n) is 8.27. The fourth-order valence-corrected chi connectivity index (χ4v) is 2.49. The molecule has 0 aliphatic carbocycles. The van der Waals surface area contributed by atoms with Gasteiger partial charge in [-0.3, -0.25) is 4.79 Å². The highest BCUT2D eigenvalue weighted by Crippen LogP contribution is 2.29. The van der Waals surface area contributed by atoms with Gasteiger partial charge in [0.05, 0.1) is 19.9 Å². The summed E-state index contributed by atoms with van der Waals surface area (Å²) in [5.41, 5.74) is 1.70. The van der Waals surface area contributed by atoms with Crippen molar-refractivity contribution in [2.45, 2.75) is 0 Å². The number of carbonyl (C=O) groups is 1. The van der Waals surface area contributed by atoms with Gasteiger partial charge in [0, 0.05) is 25.0 Å². The molecule has 138 valence electrons. The van der Waals surface area contributed by atoms with Crippen LogP contribution in [-0.4, -0.2) is 37.1 Å². The molecule has 0 aliphatic rings. The van der Waals surface area contributed by atoms with Crippen molar-refractivity contribution in [2.24, 2.45) is 0 Å². The third-order valence-electron chi connectivity index (χ3n) is 3.98. The zero-order chi connectivity index (χ0) is 19.2. The van der Waals surface area contributed by atoms with Crippen LogP contribution in [0, 0.1) is 0 Å². The van der Waals surface area contributed by atoms with Crippen molar-refractivity contribution in [1.29, 1.82) is 0 Å². The zero-order valence-corrected chi connectivity index (χ0v) is 15.3. The molecule has 0 spiro atoms. The molecule has 0 atom stereocenters. The highest BCUT2D eigenvalue weighted by molar-refractivity contribution is 6.03. The topological polar surface area (TPSA) is 76.6 Å². The van der Waals surface area contributed by atoms with Crippen LogP contribution in [0.15, 0.2) is 60.8 Å². The number of carbonyl (C=O) groups excluding carboxylic acids is 1. The first kappa shape index (κ1) is 18.2. The van der Waals surface area contributed by atoms with E-state index in [0.29, 0.717) is 23.1 Å². The van der Waals surface area contributed by atoms with E-state index in [4.69, 9.17) is 9.47 Å². The summed E-state index contributed by atoms with van der Waals surface area (Å²) in [6, 6.07) is 16.4. The maximum Gasteiger partial charge on any atom is 0.274 e. The third-order valence-corrected chi connectivity index (χ3v) is 3.98. The van der Waals surface area contributed by atoms with Crippen molar-refractivity contribution < 1.29 is 14.3 Å². The average Bonchev–Trinajstić information content (AvgIpc) is 2.74. The molecule has 1 amide bonds. The number of methoxy groups -OCH3 is 2. The van der Waals surface area contributed by atoms with Crippen molar-refractivity contribution in [3.05, 3.63) is 66.5 Å². The quantitative estimate of drug-likeness (QED) is 0.721. The van der Waals surface area contributed by atoms with Crippen molar-refractivity contribution in [3.8, 4) is 11.5 Å². The standard InChI is InChI=1S/C20H20N4O3/c1-24(14-7-5-4-6-8-14)20-21-12-11-17(23-20)19(25)22-16-10-9-15(26-2)13-18(16)27-3/h4-13H,1-3H3,(H,22,25). The molecule has 0 saturated heterocycles. The van der Waals surface area contributed by atoms with E-state index in [9.17, 15) is 4.79 Å². The van der Waals surface area contributed by atoms with Crippen LogP contribution in [0.3, 0.4) is 0 Å². The van der Waals surface area contributed by atoms with Crippen molar-refractivity contribution in [1.82, 2.24) is 9.97 Å². The van der Waals surface area contributed by atoms with Crippen LogP contribution in [0.1, 0.15) is 10.5 Å². The lowest BCUT2D eigenvalue weighted by Gasteiger charge is -2.17. The summed E-state index contributed by atoms with van der Waals surface area (Å²) in [7, 11) is 4.94. The van der Waals surface area contributed by atoms with Gasteiger partial charge in [0.15, 0.2) is 0 Å². The molecule has 2 aromatic carbocycles. The molecule has 7 nitrogen and oxygen atoms in total. The lowest BCUT2D eigenvalue weighted by Crippen LogP contribution is -2.18. The number of ether oxygens (including phenoxy) is 2. The molecule has 1 aromatic heterocycles. The third kappa shape index (κ3) is 4.14. The van der Waals surface area contributed by atoms with Crippen LogP contribution < -0.4 is 19.7 Å². The highest BCUT2D eigenvalue weighted by Gasteiger charge is 2.14. The number of para-hydroxylation sites is 1. The minimum absolute atomic E-state index is 0.251. The van der Waals surface area contributed by atoms with E-state index in [1.54, 1.807) is 37.6 Å². The summed E-state index contributed by atoms with van der Waals surface area (Å²) in [5, 5.41) is 2.81. The summed E-state index contributed by atoms with van der Waals surface area (Å²) < 4.78 is 10.5. The van der Waals surface area contributed by atoms with Gasteiger partial charge in [0.1, 0.15) is 17.2 Å². The second-order valence-corrected chi connectivity index (χ2v) is 5.66. The summed E-state index contributed by atoms with van der Waals surface area (Å²) in [4.78, 5) is 23.1. The van der Waals surface area contributed by atoms with Gasteiger partial charge in [-0.2, -0.15) is 0 Å². The molecule has 1 N–H and O–H groups in total. The summed E-state index contributed by atoms with van der Waals surface area (Å²) >= 11 is 0. The Balaban J connectivity index is 1.82. The molecule has 0 unspecified atom stereocenters. The number of hydrogen-bond donors (Lipinski definition) is 1. The molecule has 0 radical (unpaired) electrons. The number of aromatic nitrogens is 2. The second-order valence-electron chi connectivity index (χ2n) is 5.66. The van der Waals surface area contributed by atoms with Crippen molar-refractivity contribution in [3.63, 3.8) is 0 Å². The normalized spacial score (nSPS) is 10.2. The van der Waals surface area contributed by atoms with Gasteiger partial charge in [-0.1, -0.05) is 18.2 Å². The van der Waals surface area contributed by atoms with Gasteiger partial charge in [-0.05, 0) is 30.3 Å². The molecule has 1 heterocycles. The van der Waals surface area contributed by atoms with E-state index in [-0.39, 0.29) is 11.6 Å². The largest absolute Gasteiger partial charge is 0.497 e. The molecular formula is C20H20N4O3. The Morgan fingerprint density at radius 2 is 1.81 bits per heavy atom. The average molecular weight is 364 g/mol. The lowest BCUT2D eigenvalue weighted by molar-refractivity contribution is 0.102. The predicted molar refractivity (Wildman–Crippen MR) is 104 cm³/mol. The first-order valence-corrected chi connectivity index (χ1v) is 8.27. The molecule has 3 rings (SSSR count). The van der Waals surface area contributed by atoms with E-state index >= 15 is 0 Å². The lowest BCUT2D eigenvalue weighted by atomic mass is 10.2.